The first-order chi connectivity index (χ1) is 12.6. The molecule has 0 aliphatic rings. The Kier molecular flexibility index (Phi) is 4.32. The van der Waals surface area contributed by atoms with Crippen molar-refractivity contribution < 1.29 is 13.6 Å². The SMILES string of the molecule is Cn1nc(-c2ccco2)cc1-c1ccc(C(=O)Nc2ccccc2F)[se]1. The molecule has 0 bridgehead atoms. The summed E-state index contributed by atoms with van der Waals surface area (Å²) in [6.07, 6.45) is 1.61. The second kappa shape index (κ2) is 6.78. The first kappa shape index (κ1) is 16.6. The molecule has 26 heavy (non-hydrogen) atoms. The van der Waals surface area contributed by atoms with Gasteiger partial charge in [-0.3, -0.25) is 0 Å². The number of aryl methyl sites for hydroxylation is 1. The number of aromatic nitrogens is 2. The Bertz CT molecular complexity index is 1070. The number of hydrogen-bond acceptors (Lipinski definition) is 3. The number of amides is 1. The second-order valence-corrected chi connectivity index (χ2v) is 7.89. The predicted molar refractivity (Wildman–Crippen MR) is 97.6 cm³/mol. The van der Waals surface area contributed by atoms with Gasteiger partial charge in [0.2, 0.25) is 0 Å². The van der Waals surface area contributed by atoms with Crippen molar-refractivity contribution in [2.45, 2.75) is 0 Å². The molecule has 3 heterocycles. The number of benzene rings is 1. The van der Waals surface area contributed by atoms with E-state index < -0.39 is 5.82 Å². The van der Waals surface area contributed by atoms with Crippen molar-refractivity contribution in [1.82, 2.24) is 9.78 Å². The molecule has 7 heteroatoms. The van der Waals surface area contributed by atoms with E-state index in [2.05, 4.69) is 10.4 Å². The van der Waals surface area contributed by atoms with Crippen molar-refractivity contribution in [2.75, 3.05) is 5.32 Å². The Morgan fingerprint density at radius 2 is 2.04 bits per heavy atom. The van der Waals surface area contributed by atoms with Crippen LogP contribution in [0.5, 0.6) is 0 Å². The Morgan fingerprint density at radius 1 is 1.19 bits per heavy atom. The summed E-state index contributed by atoms with van der Waals surface area (Å²) in [4.78, 5) is 12.4. The summed E-state index contributed by atoms with van der Waals surface area (Å²) in [6, 6.07) is 15.4. The first-order valence-electron chi connectivity index (χ1n) is 7.86. The van der Waals surface area contributed by atoms with E-state index in [1.165, 1.54) is 6.07 Å². The third-order valence-electron chi connectivity index (χ3n) is 3.86. The van der Waals surface area contributed by atoms with Crippen LogP contribution in [0.15, 0.2) is 65.3 Å². The molecule has 0 saturated heterocycles. The van der Waals surface area contributed by atoms with Crippen molar-refractivity contribution in [3.05, 3.63) is 71.1 Å². The van der Waals surface area contributed by atoms with Crippen LogP contribution in [0.1, 0.15) is 9.23 Å². The molecular formula is C19H14FN3O2Se. The van der Waals surface area contributed by atoms with E-state index in [0.29, 0.717) is 10.2 Å². The van der Waals surface area contributed by atoms with Gasteiger partial charge < -0.3 is 0 Å². The van der Waals surface area contributed by atoms with Gasteiger partial charge in [-0.05, 0) is 0 Å². The number of furan rings is 1. The average molecular weight is 414 g/mol. The van der Waals surface area contributed by atoms with Crippen LogP contribution in [0.4, 0.5) is 10.1 Å². The van der Waals surface area contributed by atoms with Crippen molar-refractivity contribution >= 4 is 26.1 Å². The van der Waals surface area contributed by atoms with Gasteiger partial charge in [-0.2, -0.15) is 0 Å². The molecule has 4 rings (SSSR count). The number of carbonyl (C=O) groups is 1. The Morgan fingerprint density at radius 3 is 2.81 bits per heavy atom. The zero-order chi connectivity index (χ0) is 18.1. The standard InChI is InChI=1S/C19H14FN3O2Se/c1-23-15(11-14(22-23)16-7-4-10-25-16)17-8-9-18(26-17)19(24)21-13-6-3-2-5-12(13)20/h2-11H,1H3,(H,21,24). The number of nitrogens with zero attached hydrogens (tertiary/aromatic N) is 2. The Hall–Kier alpha value is -2.89. The molecule has 1 N–H and O–H groups in total. The van der Waals surface area contributed by atoms with Gasteiger partial charge in [-0.25, -0.2) is 0 Å². The molecule has 0 radical (unpaired) electrons. The van der Waals surface area contributed by atoms with Crippen LogP contribution in [0.2, 0.25) is 0 Å². The third kappa shape index (κ3) is 3.14. The molecule has 130 valence electrons. The Balaban J connectivity index is 1.58. The van der Waals surface area contributed by atoms with E-state index in [0.717, 1.165) is 15.8 Å². The van der Waals surface area contributed by atoms with E-state index in [1.54, 1.807) is 35.2 Å². The molecule has 0 aliphatic carbocycles. The van der Waals surface area contributed by atoms with Crippen LogP contribution in [0, 0.1) is 5.82 Å². The molecule has 4 aromatic rings. The van der Waals surface area contributed by atoms with E-state index in [4.69, 9.17) is 4.42 Å². The molecule has 1 amide bonds. The zero-order valence-electron chi connectivity index (χ0n) is 13.8. The minimum absolute atomic E-state index is 0.184. The maximum absolute atomic E-state index is 13.7. The van der Waals surface area contributed by atoms with Crippen LogP contribution in [-0.4, -0.2) is 30.2 Å². The van der Waals surface area contributed by atoms with Crippen molar-refractivity contribution in [3.63, 3.8) is 0 Å². The van der Waals surface area contributed by atoms with E-state index in [1.807, 2.05) is 31.3 Å². The van der Waals surface area contributed by atoms with Crippen molar-refractivity contribution in [1.29, 1.82) is 0 Å². The average Bonchev–Trinajstić information content (AvgIpc) is 3.36. The molecule has 0 atom stereocenters. The molecule has 1 aromatic carbocycles. The predicted octanol–water partition coefficient (Wildman–Crippen LogP) is 3.80. The van der Waals surface area contributed by atoms with Crippen LogP contribution in [0.3, 0.4) is 0 Å². The topological polar surface area (TPSA) is 60.1 Å². The molecule has 0 unspecified atom stereocenters. The molecular weight excluding hydrogens is 400 g/mol. The number of halogens is 1. The number of hydrogen-bond donors (Lipinski definition) is 1. The number of anilines is 1. The van der Waals surface area contributed by atoms with Gasteiger partial charge in [-0.1, -0.05) is 0 Å². The number of para-hydroxylation sites is 1. The fourth-order valence-corrected chi connectivity index (χ4v) is 4.58. The third-order valence-corrected chi connectivity index (χ3v) is 6.18. The van der Waals surface area contributed by atoms with Crippen LogP contribution < -0.4 is 5.32 Å². The fourth-order valence-electron chi connectivity index (χ4n) is 2.59. The van der Waals surface area contributed by atoms with Gasteiger partial charge in [0.1, 0.15) is 0 Å². The summed E-state index contributed by atoms with van der Waals surface area (Å²) in [5.74, 6) is -0.0342. The van der Waals surface area contributed by atoms with Gasteiger partial charge in [0.15, 0.2) is 0 Å². The second-order valence-electron chi connectivity index (χ2n) is 5.61. The number of rotatable bonds is 4. The van der Waals surface area contributed by atoms with Crippen LogP contribution >= 0.6 is 0 Å². The molecule has 0 aliphatic heterocycles. The zero-order valence-corrected chi connectivity index (χ0v) is 15.5. The van der Waals surface area contributed by atoms with E-state index in [9.17, 15) is 9.18 Å². The molecule has 5 nitrogen and oxygen atoms in total. The van der Waals surface area contributed by atoms with Crippen molar-refractivity contribution in [3.8, 4) is 21.6 Å². The molecule has 0 fully saturated rings. The van der Waals surface area contributed by atoms with Gasteiger partial charge in [-0.15, -0.1) is 0 Å². The van der Waals surface area contributed by atoms with Gasteiger partial charge in [0, 0.05) is 0 Å². The molecule has 0 saturated carbocycles. The quantitative estimate of drug-likeness (QED) is 0.517. The van der Waals surface area contributed by atoms with Crippen molar-refractivity contribution in [2.24, 2.45) is 7.05 Å². The summed E-state index contributed by atoms with van der Waals surface area (Å²) < 4.78 is 22.5. The normalized spacial score (nSPS) is 10.8. The summed E-state index contributed by atoms with van der Waals surface area (Å²) in [5, 5.41) is 7.09. The van der Waals surface area contributed by atoms with Crippen LogP contribution in [0.25, 0.3) is 21.6 Å². The number of nitrogens with one attached hydrogen (secondary N) is 1. The number of carbonyl (C=O) groups excluding carboxylic acids is 1. The van der Waals surface area contributed by atoms with E-state index >= 15 is 0 Å². The molecule has 0 spiro atoms. The summed E-state index contributed by atoms with van der Waals surface area (Å²) >= 11 is -0.191. The summed E-state index contributed by atoms with van der Waals surface area (Å²) in [7, 11) is 1.86. The minimum atomic E-state index is -0.449. The summed E-state index contributed by atoms with van der Waals surface area (Å²) in [6.45, 7) is 0. The summed E-state index contributed by atoms with van der Waals surface area (Å²) in [5.41, 5.74) is 1.86. The maximum atomic E-state index is 13.7. The Labute approximate surface area is 154 Å². The van der Waals surface area contributed by atoms with E-state index in [-0.39, 0.29) is 26.1 Å². The molecule has 3 aromatic heterocycles. The van der Waals surface area contributed by atoms with Gasteiger partial charge >= 0.3 is 155 Å². The first-order valence-corrected chi connectivity index (χ1v) is 9.57. The monoisotopic (exact) mass is 415 g/mol. The van der Waals surface area contributed by atoms with Gasteiger partial charge in [0.05, 0.1) is 0 Å². The fraction of sp³-hybridized carbons (Fsp3) is 0.0526. The van der Waals surface area contributed by atoms with Crippen LogP contribution in [-0.2, 0) is 7.05 Å². The van der Waals surface area contributed by atoms with Gasteiger partial charge in [0.25, 0.3) is 0 Å².